The highest BCUT2D eigenvalue weighted by atomic mass is 16.5. The lowest BCUT2D eigenvalue weighted by Crippen LogP contribution is -2.13. The molecule has 0 saturated carbocycles. The molecule has 0 radical (unpaired) electrons. The summed E-state index contributed by atoms with van der Waals surface area (Å²) >= 11 is 0. The summed E-state index contributed by atoms with van der Waals surface area (Å²) in [5.74, 6) is 1.98. The number of unbranched alkanes of at least 4 members (excludes halogenated alkanes) is 1. The van der Waals surface area contributed by atoms with Crippen molar-refractivity contribution in [3.63, 3.8) is 0 Å². The Morgan fingerprint density at radius 1 is 0.964 bits per heavy atom. The van der Waals surface area contributed by atoms with Crippen molar-refractivity contribution in [2.24, 2.45) is 11.3 Å². The number of aryl methyl sites for hydroxylation is 1. The molecule has 0 aliphatic carbocycles. The molecule has 1 aromatic rings. The summed E-state index contributed by atoms with van der Waals surface area (Å²) in [5, 5.41) is 0. The summed E-state index contributed by atoms with van der Waals surface area (Å²) in [4.78, 5) is 0. The highest BCUT2D eigenvalue weighted by Gasteiger charge is 2.20. The Kier molecular flexibility index (Phi) is 11.8. The van der Waals surface area contributed by atoms with Gasteiger partial charge in [-0.25, -0.2) is 0 Å². The van der Waals surface area contributed by atoms with E-state index in [1.165, 1.54) is 48.8 Å². The first-order valence-electron chi connectivity index (χ1n) is 11.3. The van der Waals surface area contributed by atoms with Gasteiger partial charge in [0.05, 0.1) is 7.11 Å². The van der Waals surface area contributed by atoms with Crippen molar-refractivity contribution in [2.75, 3.05) is 7.11 Å². The van der Waals surface area contributed by atoms with E-state index in [1.54, 1.807) is 7.11 Å². The zero-order valence-electron chi connectivity index (χ0n) is 20.8. The Labute approximate surface area is 177 Å². The fourth-order valence-corrected chi connectivity index (χ4v) is 3.17. The Morgan fingerprint density at radius 2 is 1.54 bits per heavy atom. The number of ether oxygens (including phenoxy) is 1. The number of allylic oxidation sites excluding steroid dienone is 1. The third kappa shape index (κ3) is 10.3. The van der Waals surface area contributed by atoms with Gasteiger partial charge in [-0.1, -0.05) is 113 Å². The van der Waals surface area contributed by atoms with Crippen LogP contribution in [0.2, 0.25) is 0 Å². The molecule has 0 N–H and O–H groups in total. The lowest BCUT2D eigenvalue weighted by Gasteiger charge is -2.23. The van der Waals surface area contributed by atoms with Crippen LogP contribution in [-0.4, -0.2) is 7.11 Å². The molecule has 1 aromatic carbocycles. The van der Waals surface area contributed by atoms with Crippen LogP contribution in [0.1, 0.15) is 111 Å². The topological polar surface area (TPSA) is 9.23 Å². The van der Waals surface area contributed by atoms with Gasteiger partial charge in [-0.3, -0.25) is 0 Å². The summed E-state index contributed by atoms with van der Waals surface area (Å²) in [6.45, 7) is 22.3. The third-order valence-corrected chi connectivity index (χ3v) is 5.28. The van der Waals surface area contributed by atoms with E-state index in [2.05, 4.69) is 93.5 Å². The van der Waals surface area contributed by atoms with E-state index >= 15 is 0 Å². The smallest absolute Gasteiger partial charge is 0.123 e. The predicted octanol–water partition coefficient (Wildman–Crippen LogP) is 8.97. The molecule has 0 heterocycles. The molecule has 0 aromatic heterocycles. The van der Waals surface area contributed by atoms with Crippen molar-refractivity contribution in [1.82, 2.24) is 0 Å². The molecule has 0 amide bonds. The minimum atomic E-state index is 0.0996. The normalized spacial score (nSPS) is 12.3. The van der Waals surface area contributed by atoms with E-state index in [0.717, 1.165) is 11.7 Å². The minimum Gasteiger partial charge on any atom is -0.496 e. The van der Waals surface area contributed by atoms with Gasteiger partial charge in [0, 0.05) is 0 Å². The van der Waals surface area contributed by atoms with Crippen molar-refractivity contribution in [3.8, 4) is 5.75 Å². The second-order valence-corrected chi connectivity index (χ2v) is 10.2. The standard InChI is InChI=1S/C18H28O.C9H20/c1-13-11-15(18(5,6)7)16(19-8)12-14(13)9-10-17(2,3)4;1-4-7-8-9(5-2)6-3/h9-12H,1-8H3;9H,4-8H2,1-3H3/b10-9+;. The van der Waals surface area contributed by atoms with Crippen LogP contribution in [-0.2, 0) is 5.41 Å². The molecular formula is C27H48O. The second-order valence-electron chi connectivity index (χ2n) is 10.2. The summed E-state index contributed by atoms with van der Waals surface area (Å²) in [6, 6.07) is 4.40. The first kappa shape index (κ1) is 26.8. The van der Waals surface area contributed by atoms with E-state index in [4.69, 9.17) is 4.74 Å². The monoisotopic (exact) mass is 388 g/mol. The Bertz CT molecular complexity index is 578. The van der Waals surface area contributed by atoms with E-state index in [0.29, 0.717) is 0 Å². The van der Waals surface area contributed by atoms with Crippen LogP contribution < -0.4 is 4.74 Å². The number of hydrogen-bond donors (Lipinski definition) is 0. The summed E-state index contributed by atoms with van der Waals surface area (Å²) in [7, 11) is 1.75. The largest absolute Gasteiger partial charge is 0.496 e. The average Bonchev–Trinajstić information content (AvgIpc) is 2.60. The zero-order valence-corrected chi connectivity index (χ0v) is 20.8. The van der Waals surface area contributed by atoms with Crippen LogP contribution in [0, 0.1) is 18.3 Å². The van der Waals surface area contributed by atoms with Crippen LogP contribution >= 0.6 is 0 Å². The van der Waals surface area contributed by atoms with E-state index < -0.39 is 0 Å². The summed E-state index contributed by atoms with van der Waals surface area (Å²) < 4.78 is 5.57. The van der Waals surface area contributed by atoms with Crippen molar-refractivity contribution >= 4 is 6.08 Å². The number of benzene rings is 1. The number of methoxy groups -OCH3 is 1. The van der Waals surface area contributed by atoms with Gasteiger partial charge >= 0.3 is 0 Å². The maximum absolute atomic E-state index is 5.57. The fourth-order valence-electron chi connectivity index (χ4n) is 3.17. The molecule has 28 heavy (non-hydrogen) atoms. The zero-order chi connectivity index (χ0) is 22.0. The first-order valence-corrected chi connectivity index (χ1v) is 11.3. The van der Waals surface area contributed by atoms with E-state index in [9.17, 15) is 0 Å². The van der Waals surface area contributed by atoms with Gasteiger partial charge in [0.25, 0.3) is 0 Å². The quantitative estimate of drug-likeness (QED) is 0.453. The highest BCUT2D eigenvalue weighted by molar-refractivity contribution is 5.59. The van der Waals surface area contributed by atoms with Gasteiger partial charge in [0.15, 0.2) is 0 Å². The van der Waals surface area contributed by atoms with E-state index in [-0.39, 0.29) is 10.8 Å². The van der Waals surface area contributed by atoms with Crippen LogP contribution in [0.4, 0.5) is 0 Å². The van der Waals surface area contributed by atoms with Crippen molar-refractivity contribution in [2.45, 2.75) is 107 Å². The van der Waals surface area contributed by atoms with Gasteiger partial charge < -0.3 is 4.74 Å². The molecule has 162 valence electrons. The molecule has 1 nitrogen and oxygen atoms in total. The molecule has 0 aliphatic rings. The highest BCUT2D eigenvalue weighted by Crippen LogP contribution is 2.34. The molecule has 0 unspecified atom stereocenters. The molecule has 1 rings (SSSR count). The lowest BCUT2D eigenvalue weighted by atomic mass is 9.84. The number of rotatable bonds is 7. The van der Waals surface area contributed by atoms with Crippen molar-refractivity contribution in [1.29, 1.82) is 0 Å². The fraction of sp³-hybridized carbons (Fsp3) is 0.704. The molecule has 0 spiro atoms. The molecular weight excluding hydrogens is 340 g/mol. The summed E-state index contributed by atoms with van der Waals surface area (Å²) in [6.07, 6.45) is 11.4. The Morgan fingerprint density at radius 3 is 1.93 bits per heavy atom. The van der Waals surface area contributed by atoms with Gasteiger partial charge in [-0.15, -0.1) is 0 Å². The van der Waals surface area contributed by atoms with Crippen molar-refractivity contribution in [3.05, 3.63) is 34.9 Å². The minimum absolute atomic E-state index is 0.0996. The van der Waals surface area contributed by atoms with Gasteiger partial charge in [-0.2, -0.15) is 0 Å². The molecule has 1 heteroatoms. The summed E-state index contributed by atoms with van der Waals surface area (Å²) in [5.41, 5.74) is 4.09. The van der Waals surface area contributed by atoms with E-state index in [1.807, 2.05) is 0 Å². The molecule has 0 aliphatic heterocycles. The van der Waals surface area contributed by atoms with Gasteiger partial charge in [0.1, 0.15) is 5.75 Å². The predicted molar refractivity (Wildman–Crippen MR) is 129 cm³/mol. The third-order valence-electron chi connectivity index (χ3n) is 5.28. The van der Waals surface area contributed by atoms with Crippen LogP contribution in [0.3, 0.4) is 0 Å². The van der Waals surface area contributed by atoms with Gasteiger partial charge in [0.2, 0.25) is 0 Å². The maximum atomic E-state index is 5.57. The lowest BCUT2D eigenvalue weighted by molar-refractivity contribution is 0.397. The SMILES string of the molecule is CCCCC(CC)CC.COc1cc(/C=C/C(C)(C)C)c(C)cc1C(C)(C)C. The van der Waals surface area contributed by atoms with Crippen LogP contribution in [0.5, 0.6) is 5.75 Å². The van der Waals surface area contributed by atoms with Crippen molar-refractivity contribution < 1.29 is 4.74 Å². The first-order chi connectivity index (χ1) is 12.9. The molecule has 0 bridgehead atoms. The van der Waals surface area contributed by atoms with Crippen LogP contribution in [0.25, 0.3) is 6.08 Å². The molecule has 0 fully saturated rings. The Balaban J connectivity index is 0.000000684. The van der Waals surface area contributed by atoms with Crippen LogP contribution in [0.15, 0.2) is 18.2 Å². The Hall–Kier alpha value is -1.24. The average molecular weight is 389 g/mol. The van der Waals surface area contributed by atoms with Gasteiger partial charge in [-0.05, 0) is 46.4 Å². The number of hydrogen-bond acceptors (Lipinski definition) is 1. The molecule has 0 saturated heterocycles. The second kappa shape index (κ2) is 12.3. The molecule has 0 atom stereocenters. The maximum Gasteiger partial charge on any atom is 0.123 e.